The molecule has 0 spiro atoms. The molecule has 0 fully saturated rings. The summed E-state index contributed by atoms with van der Waals surface area (Å²) in [4.78, 5) is 38.2. The van der Waals surface area contributed by atoms with Gasteiger partial charge in [0.25, 0.3) is 0 Å². The molecule has 0 radical (unpaired) electrons. The van der Waals surface area contributed by atoms with Crippen LogP contribution in [0.4, 0.5) is 0 Å². The van der Waals surface area contributed by atoms with Crippen LogP contribution in [-0.2, 0) is 28.6 Å². The van der Waals surface area contributed by atoms with Crippen molar-refractivity contribution in [2.45, 2.75) is 348 Å². The molecule has 0 saturated heterocycles. The average molecular weight is 998 g/mol. The van der Waals surface area contributed by atoms with Crippen molar-refractivity contribution < 1.29 is 28.6 Å². The van der Waals surface area contributed by atoms with Gasteiger partial charge in [-0.25, -0.2) is 0 Å². The maximum atomic E-state index is 12.9. The van der Waals surface area contributed by atoms with Gasteiger partial charge in [0.15, 0.2) is 6.10 Å². The van der Waals surface area contributed by atoms with Crippen molar-refractivity contribution in [3.63, 3.8) is 0 Å². The summed E-state index contributed by atoms with van der Waals surface area (Å²) < 4.78 is 16.9. The Bertz CT molecular complexity index is 1190. The molecule has 1 unspecified atom stereocenters. The maximum Gasteiger partial charge on any atom is 0.306 e. The van der Waals surface area contributed by atoms with Crippen LogP contribution in [0.2, 0.25) is 0 Å². The summed E-state index contributed by atoms with van der Waals surface area (Å²) in [6.45, 7) is 6.61. The molecule has 0 bridgehead atoms. The monoisotopic (exact) mass is 997 g/mol. The summed E-state index contributed by atoms with van der Waals surface area (Å²) in [7, 11) is 0. The van der Waals surface area contributed by atoms with Gasteiger partial charge in [-0.15, -0.1) is 0 Å². The van der Waals surface area contributed by atoms with Gasteiger partial charge >= 0.3 is 17.9 Å². The Morgan fingerprint density at radius 1 is 0.268 bits per heavy atom. The van der Waals surface area contributed by atoms with E-state index < -0.39 is 6.10 Å². The summed E-state index contributed by atoms with van der Waals surface area (Å²) in [6, 6.07) is 0. The van der Waals surface area contributed by atoms with E-state index in [0.717, 1.165) is 70.6 Å². The van der Waals surface area contributed by atoms with E-state index in [-0.39, 0.29) is 31.1 Å². The fourth-order valence-corrected chi connectivity index (χ4v) is 9.32. The van der Waals surface area contributed by atoms with E-state index in [1.165, 1.54) is 231 Å². The van der Waals surface area contributed by atoms with E-state index in [4.69, 9.17) is 14.2 Å². The van der Waals surface area contributed by atoms with Crippen LogP contribution >= 0.6 is 0 Å². The van der Waals surface area contributed by atoms with Gasteiger partial charge in [0.2, 0.25) is 0 Å². The van der Waals surface area contributed by atoms with Gasteiger partial charge in [-0.2, -0.15) is 0 Å². The fraction of sp³-hybridized carbons (Fsp3) is 0.862. The third-order valence-electron chi connectivity index (χ3n) is 14.1. The first-order valence-electron chi connectivity index (χ1n) is 31.5. The molecule has 0 N–H and O–H groups in total. The standard InChI is InChI=1S/C65H120O6/c1-4-7-10-13-16-19-22-24-26-28-30-31-32-33-34-35-36-38-39-41-43-46-49-52-55-58-64(67)70-61-62(60-69-63(66)57-54-51-48-45-21-18-15-12-9-6-3)71-65(68)59-56-53-50-47-44-42-40-37-29-27-25-23-20-17-14-11-8-5-2/h12,15,27-30,62H,4-11,13-14,16-26,31-61H2,1-3H3/b15-12-,29-27-,30-28-. The largest absolute Gasteiger partial charge is 0.462 e. The molecule has 0 aromatic heterocycles. The van der Waals surface area contributed by atoms with Crippen LogP contribution < -0.4 is 0 Å². The molecule has 1 atom stereocenters. The predicted molar refractivity (Wildman–Crippen MR) is 307 cm³/mol. The van der Waals surface area contributed by atoms with Gasteiger partial charge in [-0.1, -0.05) is 269 Å². The number of carbonyl (C=O) groups is 3. The topological polar surface area (TPSA) is 78.9 Å². The number of esters is 3. The Labute approximate surface area is 442 Å². The van der Waals surface area contributed by atoms with Gasteiger partial charge in [0.05, 0.1) is 0 Å². The van der Waals surface area contributed by atoms with Crippen molar-refractivity contribution in [3.05, 3.63) is 36.5 Å². The van der Waals surface area contributed by atoms with Crippen molar-refractivity contribution in [1.29, 1.82) is 0 Å². The van der Waals surface area contributed by atoms with Crippen LogP contribution in [0.15, 0.2) is 36.5 Å². The molecule has 0 aromatic rings. The third-order valence-corrected chi connectivity index (χ3v) is 14.1. The van der Waals surface area contributed by atoms with E-state index in [2.05, 4.69) is 57.2 Å². The van der Waals surface area contributed by atoms with Gasteiger partial charge < -0.3 is 14.2 Å². The minimum atomic E-state index is -0.776. The molecular weight excluding hydrogens is 877 g/mol. The Morgan fingerprint density at radius 2 is 0.493 bits per heavy atom. The van der Waals surface area contributed by atoms with Crippen molar-refractivity contribution in [1.82, 2.24) is 0 Å². The van der Waals surface area contributed by atoms with Crippen molar-refractivity contribution in [2.24, 2.45) is 0 Å². The molecule has 0 aliphatic heterocycles. The van der Waals surface area contributed by atoms with Crippen LogP contribution in [0.1, 0.15) is 342 Å². The smallest absolute Gasteiger partial charge is 0.306 e. The summed E-state index contributed by atoms with van der Waals surface area (Å²) >= 11 is 0. The molecule has 0 saturated carbocycles. The molecule has 0 amide bonds. The first-order valence-corrected chi connectivity index (χ1v) is 31.5. The number of rotatable bonds is 58. The normalized spacial score (nSPS) is 12.2. The Hall–Kier alpha value is -2.37. The van der Waals surface area contributed by atoms with E-state index in [0.29, 0.717) is 19.3 Å². The van der Waals surface area contributed by atoms with Crippen LogP contribution in [0.25, 0.3) is 0 Å². The molecular formula is C65H120O6. The molecule has 0 aliphatic rings. The second-order valence-electron chi connectivity index (χ2n) is 21.3. The van der Waals surface area contributed by atoms with Crippen molar-refractivity contribution in [2.75, 3.05) is 13.2 Å². The lowest BCUT2D eigenvalue weighted by molar-refractivity contribution is -0.167. The highest BCUT2D eigenvalue weighted by molar-refractivity contribution is 5.71. The molecule has 416 valence electrons. The molecule has 0 aromatic carbocycles. The second kappa shape index (κ2) is 60.2. The predicted octanol–water partition coefficient (Wildman–Crippen LogP) is 21.2. The highest BCUT2D eigenvalue weighted by Crippen LogP contribution is 2.17. The van der Waals surface area contributed by atoms with E-state index in [1.54, 1.807) is 0 Å². The minimum Gasteiger partial charge on any atom is -0.462 e. The maximum absolute atomic E-state index is 12.9. The zero-order valence-corrected chi connectivity index (χ0v) is 47.8. The summed E-state index contributed by atoms with van der Waals surface area (Å²) in [5, 5.41) is 0. The average Bonchev–Trinajstić information content (AvgIpc) is 3.37. The fourth-order valence-electron chi connectivity index (χ4n) is 9.32. The van der Waals surface area contributed by atoms with Crippen molar-refractivity contribution in [3.8, 4) is 0 Å². The number of unbranched alkanes of at least 4 members (excludes halogenated alkanes) is 41. The number of hydrogen-bond acceptors (Lipinski definition) is 6. The summed E-state index contributed by atoms with van der Waals surface area (Å²) in [6.07, 6.45) is 73.1. The lowest BCUT2D eigenvalue weighted by Gasteiger charge is -2.18. The number of allylic oxidation sites excluding steroid dienone is 6. The molecule has 0 rings (SSSR count). The molecule has 0 aliphatic carbocycles. The first kappa shape index (κ1) is 68.6. The van der Waals surface area contributed by atoms with Crippen LogP contribution in [-0.4, -0.2) is 37.2 Å². The highest BCUT2D eigenvalue weighted by Gasteiger charge is 2.19. The SMILES string of the molecule is CCC/C=C\CCCCCCCC(=O)OCC(COC(=O)CCCCCCCCCCCCCCC/C=C\CCCCCCCCCC)OC(=O)CCCCCCCCC/C=C\CCCCCCCCC. The summed E-state index contributed by atoms with van der Waals surface area (Å²) in [5.41, 5.74) is 0. The zero-order chi connectivity index (χ0) is 51.4. The van der Waals surface area contributed by atoms with Gasteiger partial charge in [-0.3, -0.25) is 14.4 Å². The quantitative estimate of drug-likeness (QED) is 0.0261. The number of ether oxygens (including phenoxy) is 3. The van der Waals surface area contributed by atoms with E-state index in [9.17, 15) is 14.4 Å². The molecule has 0 heterocycles. The lowest BCUT2D eigenvalue weighted by atomic mass is 10.0. The van der Waals surface area contributed by atoms with E-state index in [1.807, 2.05) is 0 Å². The highest BCUT2D eigenvalue weighted by atomic mass is 16.6. The molecule has 6 heteroatoms. The van der Waals surface area contributed by atoms with Gasteiger partial charge in [-0.05, 0) is 89.9 Å². The second-order valence-corrected chi connectivity index (χ2v) is 21.3. The Kier molecular flexibility index (Phi) is 58.2. The lowest BCUT2D eigenvalue weighted by Crippen LogP contribution is -2.30. The number of carbonyl (C=O) groups excluding carboxylic acids is 3. The van der Waals surface area contributed by atoms with Crippen molar-refractivity contribution >= 4 is 17.9 Å². The molecule has 6 nitrogen and oxygen atoms in total. The first-order chi connectivity index (χ1) is 35.0. The van der Waals surface area contributed by atoms with Gasteiger partial charge in [0, 0.05) is 19.3 Å². The summed E-state index contributed by atoms with van der Waals surface area (Å²) in [5.74, 6) is -0.871. The third kappa shape index (κ3) is 58.4. The van der Waals surface area contributed by atoms with Gasteiger partial charge in [0.1, 0.15) is 13.2 Å². The molecule has 71 heavy (non-hydrogen) atoms. The van der Waals surface area contributed by atoms with Crippen LogP contribution in [0.3, 0.4) is 0 Å². The Morgan fingerprint density at radius 3 is 0.761 bits per heavy atom. The Balaban J connectivity index is 4.19. The van der Waals surface area contributed by atoms with Crippen LogP contribution in [0, 0.1) is 0 Å². The van der Waals surface area contributed by atoms with Crippen LogP contribution in [0.5, 0.6) is 0 Å². The zero-order valence-electron chi connectivity index (χ0n) is 47.8. The number of hydrogen-bond donors (Lipinski definition) is 0. The van der Waals surface area contributed by atoms with E-state index >= 15 is 0 Å². The minimum absolute atomic E-state index is 0.0738.